The van der Waals surface area contributed by atoms with Gasteiger partial charge in [0.15, 0.2) is 0 Å². The SMILES string of the molecule is CCC(=O)C1=[N+]([O-])[N+]([O-])=C(C(=O)CC)C(=O)C1=O. The van der Waals surface area contributed by atoms with Crippen LogP contribution >= 0.6 is 0 Å². The van der Waals surface area contributed by atoms with Crippen molar-refractivity contribution in [1.82, 2.24) is 0 Å². The van der Waals surface area contributed by atoms with Crippen LogP contribution in [0.4, 0.5) is 0 Å². The van der Waals surface area contributed by atoms with Crippen LogP contribution < -0.4 is 0 Å². The molecule has 0 saturated carbocycles. The van der Waals surface area contributed by atoms with E-state index in [1.807, 2.05) is 0 Å². The molecular formula is C10H10N2O6. The highest BCUT2D eigenvalue weighted by atomic mass is 16.7. The Bertz CT molecular complexity index is 480. The van der Waals surface area contributed by atoms with Crippen molar-refractivity contribution in [1.29, 1.82) is 0 Å². The third kappa shape index (κ3) is 1.92. The first-order valence-electron chi connectivity index (χ1n) is 5.20. The predicted octanol–water partition coefficient (Wildman–Crippen LogP) is -1.09. The molecule has 0 bridgehead atoms. The lowest BCUT2D eigenvalue weighted by molar-refractivity contribution is -1.05. The van der Waals surface area contributed by atoms with Gasteiger partial charge in [0.05, 0.1) is 9.70 Å². The van der Waals surface area contributed by atoms with E-state index in [0.29, 0.717) is 0 Å². The first-order valence-corrected chi connectivity index (χ1v) is 5.20. The first kappa shape index (κ1) is 13.7. The van der Waals surface area contributed by atoms with Crippen LogP contribution in [0.5, 0.6) is 0 Å². The summed E-state index contributed by atoms with van der Waals surface area (Å²) in [5, 5.41) is 22.9. The van der Waals surface area contributed by atoms with E-state index in [4.69, 9.17) is 0 Å². The summed E-state index contributed by atoms with van der Waals surface area (Å²) < 4.78 is 0. The maximum atomic E-state index is 11.5. The molecule has 8 nitrogen and oxygen atoms in total. The number of hydrazone groups is 2. The van der Waals surface area contributed by atoms with E-state index >= 15 is 0 Å². The molecule has 0 fully saturated rings. The Morgan fingerprint density at radius 1 is 0.889 bits per heavy atom. The topological polar surface area (TPSA) is 120 Å². The van der Waals surface area contributed by atoms with Crippen molar-refractivity contribution < 1.29 is 28.9 Å². The zero-order chi connectivity index (χ0) is 14.0. The zero-order valence-corrected chi connectivity index (χ0v) is 9.76. The third-order valence-corrected chi connectivity index (χ3v) is 2.35. The van der Waals surface area contributed by atoms with E-state index in [0.717, 1.165) is 0 Å². The molecule has 96 valence electrons. The van der Waals surface area contributed by atoms with Gasteiger partial charge in [0, 0.05) is 12.8 Å². The highest BCUT2D eigenvalue weighted by Crippen LogP contribution is 2.03. The summed E-state index contributed by atoms with van der Waals surface area (Å²) in [5.41, 5.74) is -2.10. The lowest BCUT2D eigenvalue weighted by Gasteiger charge is -2.10. The minimum absolute atomic E-state index is 0.210. The molecule has 1 rings (SSSR count). The summed E-state index contributed by atoms with van der Waals surface area (Å²) >= 11 is 0. The van der Waals surface area contributed by atoms with E-state index in [9.17, 15) is 29.6 Å². The van der Waals surface area contributed by atoms with Crippen LogP contribution in [0.2, 0.25) is 0 Å². The van der Waals surface area contributed by atoms with E-state index in [1.165, 1.54) is 13.8 Å². The molecule has 1 aliphatic rings. The maximum Gasteiger partial charge on any atom is 0.381 e. The Labute approximate surface area is 101 Å². The molecule has 8 heteroatoms. The van der Waals surface area contributed by atoms with Gasteiger partial charge in [-0.05, 0) is 0 Å². The lowest BCUT2D eigenvalue weighted by Crippen LogP contribution is -2.52. The van der Waals surface area contributed by atoms with Crippen LogP contribution in [-0.4, -0.2) is 44.3 Å². The number of carbonyl (C=O) groups excluding carboxylic acids is 4. The molecule has 0 aliphatic carbocycles. The van der Waals surface area contributed by atoms with Gasteiger partial charge in [-0.25, -0.2) is 0 Å². The highest BCUT2D eigenvalue weighted by Gasteiger charge is 2.50. The van der Waals surface area contributed by atoms with Crippen LogP contribution in [-0.2, 0) is 19.2 Å². The molecule has 1 aliphatic heterocycles. The number of Topliss-reactive ketones (excluding diaryl/α,β-unsaturated/α-hetero) is 4. The molecule has 0 saturated heterocycles. The van der Waals surface area contributed by atoms with Gasteiger partial charge in [0.1, 0.15) is 0 Å². The van der Waals surface area contributed by atoms with Gasteiger partial charge < -0.3 is 10.4 Å². The van der Waals surface area contributed by atoms with Crippen molar-refractivity contribution in [3.63, 3.8) is 0 Å². The van der Waals surface area contributed by atoms with Gasteiger partial charge in [-0.3, -0.25) is 19.2 Å². The number of hydrazine groups is 1. The van der Waals surface area contributed by atoms with Gasteiger partial charge in [0.25, 0.3) is 0 Å². The summed E-state index contributed by atoms with van der Waals surface area (Å²) in [6, 6.07) is 0. The second kappa shape index (κ2) is 4.86. The monoisotopic (exact) mass is 254 g/mol. The second-order valence-electron chi connectivity index (χ2n) is 3.45. The number of carbonyl (C=O) groups is 4. The fourth-order valence-electron chi connectivity index (χ4n) is 1.37. The number of hydrogen-bond donors (Lipinski definition) is 0. The van der Waals surface area contributed by atoms with Crippen molar-refractivity contribution in [2.45, 2.75) is 26.7 Å². The van der Waals surface area contributed by atoms with Crippen LogP contribution in [0.3, 0.4) is 0 Å². The molecule has 0 aromatic rings. The average molecular weight is 254 g/mol. The molecule has 0 spiro atoms. The molecule has 0 aromatic heterocycles. The van der Waals surface area contributed by atoms with Gasteiger partial charge >= 0.3 is 23.0 Å². The van der Waals surface area contributed by atoms with E-state index in [1.54, 1.807) is 0 Å². The molecule has 0 amide bonds. The summed E-state index contributed by atoms with van der Waals surface area (Å²) in [4.78, 5) is 44.6. The van der Waals surface area contributed by atoms with Crippen LogP contribution in [0.15, 0.2) is 0 Å². The smallest absolute Gasteiger partial charge is 0.381 e. The molecule has 0 N–H and O–H groups in total. The number of rotatable bonds is 4. The Hall–Kier alpha value is -2.38. The highest BCUT2D eigenvalue weighted by molar-refractivity contribution is 6.92. The molecule has 0 atom stereocenters. The molecular weight excluding hydrogens is 244 g/mol. The molecule has 0 aromatic carbocycles. The third-order valence-electron chi connectivity index (χ3n) is 2.35. The van der Waals surface area contributed by atoms with Gasteiger partial charge in [-0.15, -0.1) is 0 Å². The largest absolute Gasteiger partial charge is 0.560 e. The standard InChI is InChI=1S/C10H10N2O6/c1-3-5(13)7-9(15)10(16)8(6(14)4-2)12(18)11(7)17/h3-4H2,1-2H3. The van der Waals surface area contributed by atoms with Crippen molar-refractivity contribution in [2.75, 3.05) is 0 Å². The Kier molecular flexibility index (Phi) is 3.70. The molecule has 1 heterocycles. The fraction of sp³-hybridized carbons (Fsp3) is 0.400. The van der Waals surface area contributed by atoms with Crippen molar-refractivity contribution in [3.8, 4) is 0 Å². The zero-order valence-electron chi connectivity index (χ0n) is 9.76. The van der Waals surface area contributed by atoms with Gasteiger partial charge in [-0.1, -0.05) is 13.8 Å². The number of hydrogen-bond acceptors (Lipinski definition) is 6. The maximum absolute atomic E-state index is 11.5. The summed E-state index contributed by atoms with van der Waals surface area (Å²) in [6.45, 7) is 2.74. The summed E-state index contributed by atoms with van der Waals surface area (Å²) in [6.07, 6.45) is -0.421. The first-order chi connectivity index (χ1) is 8.36. The van der Waals surface area contributed by atoms with Crippen molar-refractivity contribution >= 4 is 34.6 Å². The van der Waals surface area contributed by atoms with E-state index in [2.05, 4.69) is 0 Å². The summed E-state index contributed by atoms with van der Waals surface area (Å²) in [7, 11) is 0. The normalized spacial score (nSPS) is 16.3. The van der Waals surface area contributed by atoms with E-state index < -0.39 is 44.3 Å². The Morgan fingerprint density at radius 2 is 1.17 bits per heavy atom. The second-order valence-corrected chi connectivity index (χ2v) is 3.45. The molecule has 18 heavy (non-hydrogen) atoms. The minimum Gasteiger partial charge on any atom is -0.560 e. The Morgan fingerprint density at radius 3 is 1.39 bits per heavy atom. The van der Waals surface area contributed by atoms with Crippen LogP contribution in [0.1, 0.15) is 26.7 Å². The fourth-order valence-corrected chi connectivity index (χ4v) is 1.37. The number of nitrogens with zero attached hydrogens (tertiary/aromatic N) is 2. The quantitative estimate of drug-likeness (QED) is 0.357. The van der Waals surface area contributed by atoms with Gasteiger partial charge in [-0.2, -0.15) is 0 Å². The summed E-state index contributed by atoms with van der Waals surface area (Å²) in [5.74, 6) is -4.68. The molecule has 0 radical (unpaired) electrons. The number of ketones is 4. The van der Waals surface area contributed by atoms with Crippen LogP contribution in [0.25, 0.3) is 0 Å². The average Bonchev–Trinajstić information content (AvgIpc) is 2.36. The van der Waals surface area contributed by atoms with Gasteiger partial charge in [0.2, 0.25) is 11.6 Å². The predicted molar refractivity (Wildman–Crippen MR) is 57.9 cm³/mol. The van der Waals surface area contributed by atoms with Crippen molar-refractivity contribution in [2.24, 2.45) is 0 Å². The van der Waals surface area contributed by atoms with Crippen molar-refractivity contribution in [3.05, 3.63) is 10.4 Å². The van der Waals surface area contributed by atoms with Crippen LogP contribution in [0, 0.1) is 10.4 Å². The lowest BCUT2D eigenvalue weighted by atomic mass is 9.99. The Balaban J connectivity index is 3.50. The van der Waals surface area contributed by atoms with E-state index in [-0.39, 0.29) is 12.8 Å². The minimum atomic E-state index is -1.42. The molecule has 0 unspecified atom stereocenters.